The topological polar surface area (TPSA) is 92.2 Å². The molecule has 0 radical (unpaired) electrons. The molecule has 2 rings (SSSR count). The summed E-state index contributed by atoms with van der Waals surface area (Å²) in [7, 11) is 0. The summed E-state index contributed by atoms with van der Waals surface area (Å²) >= 11 is 14.6. The van der Waals surface area contributed by atoms with E-state index in [1.54, 1.807) is 6.07 Å². The first-order valence-electron chi connectivity index (χ1n) is 5.41. The average molecular weight is 391 g/mol. The van der Waals surface area contributed by atoms with Crippen LogP contribution in [0.1, 0.15) is 20.7 Å². The van der Waals surface area contributed by atoms with Gasteiger partial charge in [0.2, 0.25) is 0 Å². The fourth-order valence-corrected chi connectivity index (χ4v) is 2.31. The molecule has 0 unspecified atom stereocenters. The van der Waals surface area contributed by atoms with Gasteiger partial charge in [0, 0.05) is 10.2 Å². The minimum atomic E-state index is -1.11. The lowest BCUT2D eigenvalue weighted by Crippen LogP contribution is -2.14. The quantitative estimate of drug-likeness (QED) is 0.836. The molecule has 108 valence electrons. The van der Waals surface area contributed by atoms with Gasteiger partial charge >= 0.3 is 5.97 Å². The predicted octanol–water partition coefficient (Wildman–Crippen LogP) is 3.50. The van der Waals surface area contributed by atoms with Crippen molar-refractivity contribution in [3.63, 3.8) is 0 Å². The van der Waals surface area contributed by atoms with Crippen LogP contribution in [-0.4, -0.2) is 27.2 Å². The van der Waals surface area contributed by atoms with Gasteiger partial charge in [0.1, 0.15) is 0 Å². The summed E-state index contributed by atoms with van der Waals surface area (Å²) in [6.07, 6.45) is 0. The molecule has 6 nitrogen and oxygen atoms in total. The molecule has 1 aromatic carbocycles. The summed E-state index contributed by atoms with van der Waals surface area (Å²) in [4.78, 5) is 23.1. The first kappa shape index (κ1) is 15.7. The van der Waals surface area contributed by atoms with Crippen LogP contribution in [0.25, 0.3) is 0 Å². The molecule has 9 heteroatoms. The van der Waals surface area contributed by atoms with Gasteiger partial charge in [-0.2, -0.15) is 0 Å². The maximum Gasteiger partial charge on any atom is 0.335 e. The third kappa shape index (κ3) is 3.90. The molecule has 0 aliphatic heterocycles. The van der Waals surface area contributed by atoms with Crippen molar-refractivity contribution >= 4 is 56.7 Å². The molecule has 1 aromatic heterocycles. The molecule has 0 aliphatic carbocycles. The van der Waals surface area contributed by atoms with Crippen LogP contribution < -0.4 is 5.32 Å². The van der Waals surface area contributed by atoms with E-state index in [1.165, 1.54) is 18.2 Å². The Hall–Kier alpha value is -1.70. The number of benzene rings is 1. The highest BCUT2D eigenvalue weighted by molar-refractivity contribution is 9.10. The number of hydrogen-bond donors (Lipinski definition) is 2. The molecule has 0 saturated heterocycles. The van der Waals surface area contributed by atoms with Gasteiger partial charge in [0.25, 0.3) is 5.91 Å². The highest BCUT2D eigenvalue weighted by Crippen LogP contribution is 2.22. The molecule has 0 fully saturated rings. The second kappa shape index (κ2) is 6.38. The average Bonchev–Trinajstić information content (AvgIpc) is 2.40. The fraction of sp³-hybridized carbons (Fsp3) is 0. The molecule has 0 spiro atoms. The number of hydrogen-bond acceptors (Lipinski definition) is 4. The van der Waals surface area contributed by atoms with Gasteiger partial charge in [-0.3, -0.25) is 4.79 Å². The lowest BCUT2D eigenvalue weighted by molar-refractivity contribution is 0.0696. The smallest absolute Gasteiger partial charge is 0.335 e. The molecule has 0 bridgehead atoms. The van der Waals surface area contributed by atoms with Crippen molar-refractivity contribution in [3.8, 4) is 0 Å². The number of carbonyl (C=O) groups is 2. The molecule has 0 aliphatic rings. The zero-order chi connectivity index (χ0) is 15.6. The summed E-state index contributed by atoms with van der Waals surface area (Å²) in [6, 6.07) is 5.54. The molecule has 2 N–H and O–H groups in total. The van der Waals surface area contributed by atoms with E-state index in [4.69, 9.17) is 28.3 Å². The van der Waals surface area contributed by atoms with Gasteiger partial charge in [0.05, 0.1) is 11.1 Å². The van der Waals surface area contributed by atoms with Crippen molar-refractivity contribution in [2.75, 3.05) is 5.32 Å². The van der Waals surface area contributed by atoms with Crippen molar-refractivity contribution in [2.24, 2.45) is 0 Å². The van der Waals surface area contributed by atoms with Crippen LogP contribution in [0.3, 0.4) is 0 Å². The van der Waals surface area contributed by atoms with Gasteiger partial charge in [0.15, 0.2) is 10.3 Å². The second-order valence-electron chi connectivity index (χ2n) is 3.86. The third-order valence-electron chi connectivity index (χ3n) is 2.37. The largest absolute Gasteiger partial charge is 0.478 e. The fourth-order valence-electron chi connectivity index (χ4n) is 1.50. The lowest BCUT2D eigenvalue weighted by Gasteiger charge is -2.08. The number of nitrogens with zero attached hydrogens (tertiary/aromatic N) is 2. The van der Waals surface area contributed by atoms with E-state index in [0.29, 0.717) is 4.47 Å². The summed E-state index contributed by atoms with van der Waals surface area (Å²) in [6.45, 7) is 0. The van der Waals surface area contributed by atoms with Crippen molar-refractivity contribution in [2.45, 2.75) is 0 Å². The summed E-state index contributed by atoms with van der Waals surface area (Å²) in [5, 5.41) is 18.4. The number of carbonyl (C=O) groups excluding carboxylic acids is 1. The van der Waals surface area contributed by atoms with Crippen LogP contribution in [0.2, 0.25) is 10.3 Å². The number of halogens is 3. The Labute approximate surface area is 137 Å². The van der Waals surface area contributed by atoms with E-state index in [0.717, 1.165) is 0 Å². The molecule has 2 aromatic rings. The number of nitrogens with one attached hydrogen (secondary N) is 1. The van der Waals surface area contributed by atoms with E-state index in [1.807, 2.05) is 0 Å². The third-order valence-corrected chi connectivity index (χ3v) is 3.29. The Morgan fingerprint density at radius 1 is 1.14 bits per heavy atom. The number of rotatable bonds is 3. The first-order valence-corrected chi connectivity index (χ1v) is 6.95. The van der Waals surface area contributed by atoms with Crippen LogP contribution in [0.15, 0.2) is 28.7 Å². The monoisotopic (exact) mass is 389 g/mol. The highest BCUT2D eigenvalue weighted by atomic mass is 79.9. The Morgan fingerprint density at radius 3 is 2.52 bits per heavy atom. The van der Waals surface area contributed by atoms with Crippen molar-refractivity contribution in [1.82, 2.24) is 10.2 Å². The normalized spacial score (nSPS) is 10.2. The van der Waals surface area contributed by atoms with Crippen LogP contribution in [0.5, 0.6) is 0 Å². The van der Waals surface area contributed by atoms with Crippen molar-refractivity contribution < 1.29 is 14.7 Å². The van der Waals surface area contributed by atoms with E-state index in [2.05, 4.69) is 31.4 Å². The van der Waals surface area contributed by atoms with Crippen LogP contribution in [0.4, 0.5) is 5.69 Å². The molecule has 0 saturated carbocycles. The Bertz CT molecular complexity index is 740. The number of aromatic nitrogens is 2. The first-order chi connectivity index (χ1) is 9.86. The molecule has 1 heterocycles. The van der Waals surface area contributed by atoms with Gasteiger partial charge < -0.3 is 10.4 Å². The molecular weight excluding hydrogens is 385 g/mol. The molecular formula is C12H6BrCl2N3O3. The predicted molar refractivity (Wildman–Crippen MR) is 81.1 cm³/mol. The standard InChI is InChI=1S/C12H6BrCl2N3O3/c13-6-1-5(12(20)21)2-7(3-6)16-11(19)8-4-9(14)17-18-10(8)15/h1-4H,(H,16,19)(H,20,21). The van der Waals surface area contributed by atoms with Gasteiger partial charge in [-0.05, 0) is 24.3 Å². The lowest BCUT2D eigenvalue weighted by atomic mass is 10.2. The highest BCUT2D eigenvalue weighted by Gasteiger charge is 2.15. The SMILES string of the molecule is O=C(O)c1cc(Br)cc(NC(=O)c2cc(Cl)nnc2Cl)c1. The zero-order valence-corrected chi connectivity index (χ0v) is 13.2. The van der Waals surface area contributed by atoms with Crippen LogP contribution >= 0.6 is 39.1 Å². The Morgan fingerprint density at radius 2 is 1.86 bits per heavy atom. The minimum absolute atomic E-state index is 0.0185. The van der Waals surface area contributed by atoms with Gasteiger partial charge in [-0.15, -0.1) is 10.2 Å². The number of aromatic carboxylic acids is 1. The molecule has 0 atom stereocenters. The molecule has 21 heavy (non-hydrogen) atoms. The number of carboxylic acids is 1. The summed E-state index contributed by atoms with van der Waals surface area (Å²) < 4.78 is 0.509. The van der Waals surface area contributed by atoms with Crippen LogP contribution in [0, 0.1) is 0 Å². The van der Waals surface area contributed by atoms with Crippen LogP contribution in [-0.2, 0) is 0 Å². The van der Waals surface area contributed by atoms with E-state index in [-0.39, 0.29) is 27.1 Å². The minimum Gasteiger partial charge on any atom is -0.478 e. The summed E-state index contributed by atoms with van der Waals surface area (Å²) in [5.74, 6) is -1.69. The van der Waals surface area contributed by atoms with Crippen molar-refractivity contribution in [1.29, 1.82) is 0 Å². The number of carboxylic acid groups (broad SMARTS) is 1. The van der Waals surface area contributed by atoms with Gasteiger partial charge in [-0.1, -0.05) is 39.1 Å². The zero-order valence-electron chi connectivity index (χ0n) is 10.1. The van der Waals surface area contributed by atoms with Crippen molar-refractivity contribution in [3.05, 3.63) is 50.2 Å². The second-order valence-corrected chi connectivity index (χ2v) is 5.52. The Kier molecular flexibility index (Phi) is 4.76. The Balaban J connectivity index is 2.31. The van der Waals surface area contributed by atoms with E-state index < -0.39 is 11.9 Å². The number of anilines is 1. The van der Waals surface area contributed by atoms with E-state index in [9.17, 15) is 9.59 Å². The van der Waals surface area contributed by atoms with Gasteiger partial charge in [-0.25, -0.2) is 4.79 Å². The van der Waals surface area contributed by atoms with E-state index >= 15 is 0 Å². The number of amides is 1. The summed E-state index contributed by atoms with van der Waals surface area (Å²) in [5.41, 5.74) is 0.348. The maximum absolute atomic E-state index is 12.1. The maximum atomic E-state index is 12.1. The molecule has 1 amide bonds.